The van der Waals surface area contributed by atoms with Crippen molar-refractivity contribution in [3.8, 4) is 16.9 Å². The third-order valence-electron chi connectivity index (χ3n) is 5.12. The second-order valence-electron chi connectivity index (χ2n) is 6.81. The zero-order valence-corrected chi connectivity index (χ0v) is 16.5. The van der Waals surface area contributed by atoms with Crippen molar-refractivity contribution in [3.63, 3.8) is 0 Å². The summed E-state index contributed by atoms with van der Waals surface area (Å²) in [5.41, 5.74) is 6.70. The second-order valence-corrected chi connectivity index (χ2v) is 7.66. The number of nitrogens with one attached hydrogen (secondary N) is 1. The molecule has 1 aliphatic heterocycles. The summed E-state index contributed by atoms with van der Waals surface area (Å²) >= 11 is 12.6. The molecule has 3 nitrogen and oxygen atoms in total. The van der Waals surface area contributed by atoms with E-state index >= 15 is 0 Å². The van der Waals surface area contributed by atoms with Crippen molar-refractivity contribution >= 4 is 29.0 Å². The highest BCUT2D eigenvalue weighted by Crippen LogP contribution is 2.38. The Morgan fingerprint density at radius 3 is 2.73 bits per heavy atom. The third kappa shape index (κ3) is 3.00. The quantitative estimate of drug-likeness (QED) is 0.567. The molecule has 5 heteroatoms. The maximum Gasteiger partial charge on any atom is 0.133 e. The second kappa shape index (κ2) is 6.98. The molecule has 0 radical (unpaired) electrons. The minimum absolute atomic E-state index is 0.634. The molecule has 1 aromatic heterocycles. The van der Waals surface area contributed by atoms with Crippen LogP contribution in [0, 0.1) is 13.8 Å². The highest BCUT2D eigenvalue weighted by atomic mass is 35.5. The number of aryl methyl sites for hydroxylation is 1. The molecule has 1 aliphatic rings. The van der Waals surface area contributed by atoms with Crippen LogP contribution in [0.2, 0.25) is 10.0 Å². The largest absolute Gasteiger partial charge is 0.370 e. The normalized spacial score (nSPS) is 13.8. The van der Waals surface area contributed by atoms with E-state index in [0.29, 0.717) is 10.0 Å². The standard InChI is InChI=1S/C21H21Cl2N3/c1-13-6-5-8-19(14(13)2)26-21-17(7-3-4-11-24-21)20(25-26)16-10-9-15(22)12-18(16)23/h5-6,8-10,12,24H,3-4,7,11H2,1-2H3. The smallest absolute Gasteiger partial charge is 0.133 e. The number of anilines is 1. The van der Waals surface area contributed by atoms with Crippen LogP contribution >= 0.6 is 23.2 Å². The summed E-state index contributed by atoms with van der Waals surface area (Å²) in [6.07, 6.45) is 3.27. The molecule has 0 amide bonds. The molecule has 1 N–H and O–H groups in total. The van der Waals surface area contributed by atoms with Gasteiger partial charge in [-0.25, -0.2) is 4.68 Å². The van der Waals surface area contributed by atoms with E-state index in [2.05, 4.69) is 37.4 Å². The van der Waals surface area contributed by atoms with Crippen molar-refractivity contribution in [1.82, 2.24) is 9.78 Å². The van der Waals surface area contributed by atoms with Gasteiger partial charge >= 0.3 is 0 Å². The summed E-state index contributed by atoms with van der Waals surface area (Å²) in [6, 6.07) is 12.0. The minimum Gasteiger partial charge on any atom is -0.370 e. The first-order chi connectivity index (χ1) is 12.6. The zero-order valence-electron chi connectivity index (χ0n) is 14.9. The molecule has 0 fully saturated rings. The van der Waals surface area contributed by atoms with Crippen molar-refractivity contribution in [1.29, 1.82) is 0 Å². The molecule has 2 aromatic carbocycles. The summed E-state index contributed by atoms with van der Waals surface area (Å²) in [7, 11) is 0. The number of aromatic nitrogens is 2. The lowest BCUT2D eigenvalue weighted by atomic mass is 10.0. The number of fused-ring (bicyclic) bond motifs is 1. The van der Waals surface area contributed by atoms with E-state index in [-0.39, 0.29) is 0 Å². The molecule has 4 rings (SSSR count). The van der Waals surface area contributed by atoms with Crippen molar-refractivity contribution in [2.45, 2.75) is 33.1 Å². The number of hydrogen-bond acceptors (Lipinski definition) is 2. The molecule has 2 heterocycles. The van der Waals surface area contributed by atoms with E-state index in [1.165, 1.54) is 16.7 Å². The van der Waals surface area contributed by atoms with Gasteiger partial charge in [-0.05, 0) is 68.5 Å². The average molecular weight is 386 g/mol. The molecule has 0 atom stereocenters. The fraction of sp³-hybridized carbons (Fsp3) is 0.286. The Kier molecular flexibility index (Phi) is 4.68. The molecular formula is C21H21Cl2N3. The van der Waals surface area contributed by atoms with E-state index in [1.807, 2.05) is 16.8 Å². The van der Waals surface area contributed by atoms with Crippen LogP contribution in [0.5, 0.6) is 0 Å². The molecule has 134 valence electrons. The van der Waals surface area contributed by atoms with E-state index in [1.54, 1.807) is 6.07 Å². The van der Waals surface area contributed by atoms with Gasteiger partial charge in [0.15, 0.2) is 0 Å². The summed E-state index contributed by atoms with van der Waals surface area (Å²) in [5, 5.41) is 9.85. The van der Waals surface area contributed by atoms with Gasteiger partial charge in [0.2, 0.25) is 0 Å². The molecule has 0 aliphatic carbocycles. The van der Waals surface area contributed by atoms with Crippen LogP contribution in [-0.2, 0) is 6.42 Å². The summed E-state index contributed by atoms with van der Waals surface area (Å²) < 4.78 is 2.04. The molecule has 0 saturated heterocycles. The van der Waals surface area contributed by atoms with Gasteiger partial charge in [-0.1, -0.05) is 35.3 Å². The number of hydrogen-bond donors (Lipinski definition) is 1. The van der Waals surface area contributed by atoms with Gasteiger partial charge in [-0.2, -0.15) is 5.10 Å². The molecule has 3 aromatic rings. The van der Waals surface area contributed by atoms with Gasteiger partial charge in [0.25, 0.3) is 0 Å². The van der Waals surface area contributed by atoms with Crippen molar-refractivity contribution in [2.24, 2.45) is 0 Å². The SMILES string of the molecule is Cc1cccc(-n2nc(-c3ccc(Cl)cc3Cl)c3c2NCCCC3)c1C. The van der Waals surface area contributed by atoms with Crippen LogP contribution in [0.25, 0.3) is 16.9 Å². The first kappa shape index (κ1) is 17.4. The first-order valence-electron chi connectivity index (χ1n) is 8.94. The van der Waals surface area contributed by atoms with Gasteiger partial charge in [-0.15, -0.1) is 0 Å². The van der Waals surface area contributed by atoms with Gasteiger partial charge in [0.05, 0.1) is 16.4 Å². The van der Waals surface area contributed by atoms with Gasteiger partial charge in [0, 0.05) is 22.7 Å². The van der Waals surface area contributed by atoms with Crippen molar-refractivity contribution in [2.75, 3.05) is 11.9 Å². The topological polar surface area (TPSA) is 29.9 Å². The zero-order chi connectivity index (χ0) is 18.3. The average Bonchev–Trinajstić information content (AvgIpc) is 2.79. The number of benzene rings is 2. The van der Waals surface area contributed by atoms with Crippen molar-refractivity contribution in [3.05, 3.63) is 63.1 Å². The van der Waals surface area contributed by atoms with Gasteiger partial charge in [-0.3, -0.25) is 0 Å². The van der Waals surface area contributed by atoms with Crippen LogP contribution in [0.4, 0.5) is 5.82 Å². The summed E-state index contributed by atoms with van der Waals surface area (Å²) in [6.45, 7) is 5.23. The predicted molar refractivity (Wildman–Crippen MR) is 110 cm³/mol. The summed E-state index contributed by atoms with van der Waals surface area (Å²) in [4.78, 5) is 0. The Balaban J connectivity index is 1.96. The van der Waals surface area contributed by atoms with Crippen LogP contribution in [0.1, 0.15) is 29.5 Å². The van der Waals surface area contributed by atoms with Crippen LogP contribution in [-0.4, -0.2) is 16.3 Å². The highest BCUT2D eigenvalue weighted by molar-refractivity contribution is 6.36. The maximum absolute atomic E-state index is 6.50. The van der Waals surface area contributed by atoms with Crippen molar-refractivity contribution < 1.29 is 0 Å². The van der Waals surface area contributed by atoms with Crippen LogP contribution in [0.15, 0.2) is 36.4 Å². The Hall–Kier alpha value is -1.97. The number of rotatable bonds is 2. The fourth-order valence-electron chi connectivity index (χ4n) is 3.54. The molecular weight excluding hydrogens is 365 g/mol. The number of halogens is 2. The van der Waals surface area contributed by atoms with E-state index in [9.17, 15) is 0 Å². The summed E-state index contributed by atoms with van der Waals surface area (Å²) in [5.74, 6) is 1.08. The van der Waals surface area contributed by atoms with E-state index in [4.69, 9.17) is 28.3 Å². The Morgan fingerprint density at radius 1 is 1.08 bits per heavy atom. The molecule has 0 bridgehead atoms. The molecule has 0 unspecified atom stereocenters. The minimum atomic E-state index is 0.634. The van der Waals surface area contributed by atoms with Gasteiger partial charge in [0.1, 0.15) is 5.82 Å². The number of nitrogens with zero attached hydrogens (tertiary/aromatic N) is 2. The Morgan fingerprint density at radius 2 is 1.92 bits per heavy atom. The van der Waals surface area contributed by atoms with E-state index < -0.39 is 0 Å². The highest BCUT2D eigenvalue weighted by Gasteiger charge is 2.23. The Bertz CT molecular complexity index is 976. The van der Waals surface area contributed by atoms with Crippen LogP contribution < -0.4 is 5.32 Å². The molecule has 26 heavy (non-hydrogen) atoms. The predicted octanol–water partition coefficient (Wildman–Crippen LogP) is 6.21. The Labute approximate surface area is 163 Å². The molecule has 0 saturated carbocycles. The first-order valence-corrected chi connectivity index (χ1v) is 9.69. The van der Waals surface area contributed by atoms with Crippen LogP contribution in [0.3, 0.4) is 0 Å². The van der Waals surface area contributed by atoms with Gasteiger partial charge < -0.3 is 5.32 Å². The fourth-order valence-corrected chi connectivity index (χ4v) is 4.04. The lowest BCUT2D eigenvalue weighted by molar-refractivity contribution is 0.779. The lowest BCUT2D eigenvalue weighted by Gasteiger charge is -2.13. The lowest BCUT2D eigenvalue weighted by Crippen LogP contribution is -2.08. The third-order valence-corrected chi connectivity index (χ3v) is 5.67. The molecule has 0 spiro atoms. The van der Waals surface area contributed by atoms with E-state index in [0.717, 1.165) is 48.6 Å². The maximum atomic E-state index is 6.50. The monoisotopic (exact) mass is 385 g/mol.